The Bertz CT molecular complexity index is 802. The number of aromatic nitrogens is 1. The fraction of sp³-hybridized carbons (Fsp3) is 0.571. The molecule has 7 heteroatoms. The summed E-state index contributed by atoms with van der Waals surface area (Å²) < 4.78 is 11.3. The Labute approximate surface area is 164 Å². The van der Waals surface area contributed by atoms with Crippen LogP contribution in [0.4, 0.5) is 6.01 Å². The van der Waals surface area contributed by atoms with Crippen LogP contribution in [0.2, 0.25) is 0 Å². The monoisotopic (exact) mass is 385 g/mol. The number of oxazole rings is 1. The molecule has 28 heavy (non-hydrogen) atoms. The molecule has 2 heterocycles. The summed E-state index contributed by atoms with van der Waals surface area (Å²) in [4.78, 5) is 31.3. The molecule has 1 saturated heterocycles. The van der Waals surface area contributed by atoms with Gasteiger partial charge in [0.2, 0.25) is 0 Å². The fourth-order valence-corrected chi connectivity index (χ4v) is 4.01. The number of carbonyl (C=O) groups is 2. The highest BCUT2D eigenvalue weighted by molar-refractivity contribution is 5.84. The average molecular weight is 385 g/mol. The number of ether oxygens (including phenoxy) is 1. The Balaban J connectivity index is 1.26. The van der Waals surface area contributed by atoms with E-state index in [-0.39, 0.29) is 23.8 Å². The molecule has 7 nitrogen and oxygen atoms in total. The minimum atomic E-state index is -0.747. The molecule has 2 aliphatic rings. The topological polar surface area (TPSA) is 84.7 Å². The molecular weight excluding hydrogens is 358 g/mol. The summed E-state index contributed by atoms with van der Waals surface area (Å²) in [6.07, 6.45) is 4.91. The Morgan fingerprint density at radius 2 is 1.89 bits per heavy atom. The summed E-state index contributed by atoms with van der Waals surface area (Å²) in [5, 5.41) is 2.98. The second-order valence-corrected chi connectivity index (χ2v) is 7.79. The first-order chi connectivity index (χ1) is 13.6. The van der Waals surface area contributed by atoms with Gasteiger partial charge in [-0.15, -0.1) is 0 Å². The van der Waals surface area contributed by atoms with Gasteiger partial charge in [-0.2, -0.15) is 4.98 Å². The molecule has 1 aliphatic heterocycles. The van der Waals surface area contributed by atoms with Gasteiger partial charge >= 0.3 is 5.97 Å². The lowest BCUT2D eigenvalue weighted by Crippen LogP contribution is -2.43. The number of nitrogens with one attached hydrogen (secondary N) is 1. The van der Waals surface area contributed by atoms with E-state index in [1.165, 1.54) is 0 Å². The molecule has 1 atom stereocenters. The van der Waals surface area contributed by atoms with Crippen LogP contribution in [0.15, 0.2) is 28.7 Å². The van der Waals surface area contributed by atoms with Crippen LogP contribution in [0.3, 0.4) is 0 Å². The van der Waals surface area contributed by atoms with E-state index >= 15 is 0 Å². The maximum atomic E-state index is 12.5. The predicted octanol–water partition coefficient (Wildman–Crippen LogP) is 3.03. The van der Waals surface area contributed by atoms with Crippen LogP contribution in [0.1, 0.15) is 45.4 Å². The number of para-hydroxylation sites is 2. The van der Waals surface area contributed by atoms with Crippen LogP contribution in [0.5, 0.6) is 0 Å². The summed E-state index contributed by atoms with van der Waals surface area (Å²) >= 11 is 0. The van der Waals surface area contributed by atoms with Crippen molar-refractivity contribution in [2.75, 3.05) is 18.0 Å². The number of rotatable bonds is 5. The predicted molar refractivity (Wildman–Crippen MR) is 105 cm³/mol. The first kappa shape index (κ1) is 18.8. The number of hydrogen-bond acceptors (Lipinski definition) is 6. The van der Waals surface area contributed by atoms with Gasteiger partial charge < -0.3 is 19.4 Å². The Morgan fingerprint density at radius 3 is 2.61 bits per heavy atom. The summed E-state index contributed by atoms with van der Waals surface area (Å²) in [6.45, 7) is 3.00. The molecular formula is C21H27N3O4. The van der Waals surface area contributed by atoms with Crippen LogP contribution in [0, 0.1) is 5.92 Å². The lowest BCUT2D eigenvalue weighted by Gasteiger charge is -2.30. The van der Waals surface area contributed by atoms with Crippen molar-refractivity contribution in [3.05, 3.63) is 24.3 Å². The van der Waals surface area contributed by atoms with Crippen molar-refractivity contribution in [1.29, 1.82) is 0 Å². The summed E-state index contributed by atoms with van der Waals surface area (Å²) in [6, 6.07) is 8.49. The first-order valence-electron chi connectivity index (χ1n) is 10.2. The smallest absolute Gasteiger partial charge is 0.309 e. The highest BCUT2D eigenvalue weighted by atomic mass is 16.5. The number of benzene rings is 1. The number of fused-ring (bicyclic) bond motifs is 1. The SMILES string of the molecule is C[C@@H](OC(=O)C1CCN(c2nc3ccccc3o2)CC1)C(=O)NC1CCCC1. The van der Waals surface area contributed by atoms with Gasteiger partial charge in [0.15, 0.2) is 11.7 Å². The van der Waals surface area contributed by atoms with Gasteiger partial charge in [0.25, 0.3) is 11.9 Å². The van der Waals surface area contributed by atoms with Gasteiger partial charge in [-0.05, 0) is 44.7 Å². The molecule has 0 unspecified atom stereocenters. The summed E-state index contributed by atoms with van der Waals surface area (Å²) in [7, 11) is 0. The zero-order valence-corrected chi connectivity index (χ0v) is 16.2. The van der Waals surface area contributed by atoms with Gasteiger partial charge in [0.1, 0.15) is 5.52 Å². The van der Waals surface area contributed by atoms with Crippen molar-refractivity contribution in [1.82, 2.24) is 10.3 Å². The minimum Gasteiger partial charge on any atom is -0.452 e. The number of carbonyl (C=O) groups excluding carboxylic acids is 2. The molecule has 1 N–H and O–H groups in total. The number of anilines is 1. The van der Waals surface area contributed by atoms with Crippen LogP contribution >= 0.6 is 0 Å². The zero-order chi connectivity index (χ0) is 19.5. The highest BCUT2D eigenvalue weighted by Gasteiger charge is 2.31. The molecule has 0 radical (unpaired) electrons. The van der Waals surface area contributed by atoms with Gasteiger partial charge in [-0.3, -0.25) is 9.59 Å². The molecule has 1 saturated carbocycles. The van der Waals surface area contributed by atoms with Gasteiger partial charge in [0, 0.05) is 19.1 Å². The molecule has 1 aromatic carbocycles. The van der Waals surface area contributed by atoms with Gasteiger partial charge in [0.05, 0.1) is 5.92 Å². The largest absolute Gasteiger partial charge is 0.452 e. The van der Waals surface area contributed by atoms with Crippen molar-refractivity contribution < 1.29 is 18.7 Å². The molecule has 1 aliphatic carbocycles. The Hall–Kier alpha value is -2.57. The molecule has 1 amide bonds. The third-order valence-corrected chi connectivity index (χ3v) is 5.75. The van der Waals surface area contributed by atoms with E-state index in [1.54, 1.807) is 6.92 Å². The third-order valence-electron chi connectivity index (χ3n) is 5.75. The second-order valence-electron chi connectivity index (χ2n) is 7.79. The first-order valence-corrected chi connectivity index (χ1v) is 10.2. The maximum Gasteiger partial charge on any atom is 0.309 e. The normalized spacial score (nSPS) is 19.7. The van der Waals surface area contributed by atoms with Crippen molar-refractivity contribution in [2.45, 2.75) is 57.6 Å². The van der Waals surface area contributed by atoms with Gasteiger partial charge in [-0.25, -0.2) is 0 Å². The van der Waals surface area contributed by atoms with E-state index < -0.39 is 6.10 Å². The molecule has 0 spiro atoms. The lowest BCUT2D eigenvalue weighted by molar-refractivity contribution is -0.159. The summed E-state index contributed by atoms with van der Waals surface area (Å²) in [5.41, 5.74) is 1.60. The van der Waals surface area contributed by atoms with E-state index in [0.29, 0.717) is 31.9 Å². The van der Waals surface area contributed by atoms with Crippen LogP contribution < -0.4 is 10.2 Å². The van der Waals surface area contributed by atoms with Crippen LogP contribution in [0.25, 0.3) is 11.1 Å². The number of piperidine rings is 1. The molecule has 1 aromatic heterocycles. The number of amides is 1. The third kappa shape index (κ3) is 4.13. The van der Waals surface area contributed by atoms with E-state index in [4.69, 9.17) is 9.15 Å². The van der Waals surface area contributed by atoms with E-state index in [2.05, 4.69) is 15.2 Å². The molecule has 2 aromatic rings. The Morgan fingerprint density at radius 1 is 1.18 bits per heavy atom. The molecule has 0 bridgehead atoms. The standard InChI is InChI=1S/C21H27N3O4/c1-14(19(25)22-16-6-2-3-7-16)27-20(26)15-10-12-24(13-11-15)21-23-17-8-4-5-9-18(17)28-21/h4-5,8-9,14-16H,2-3,6-7,10-13H2,1H3,(H,22,25)/t14-/m1/s1. The van der Waals surface area contributed by atoms with Crippen molar-refractivity contribution in [3.63, 3.8) is 0 Å². The zero-order valence-electron chi connectivity index (χ0n) is 16.2. The summed E-state index contributed by atoms with van der Waals surface area (Å²) in [5.74, 6) is -0.669. The molecule has 2 fully saturated rings. The number of esters is 1. The van der Waals surface area contributed by atoms with E-state index in [1.807, 2.05) is 24.3 Å². The highest BCUT2D eigenvalue weighted by Crippen LogP contribution is 2.27. The van der Waals surface area contributed by atoms with Crippen LogP contribution in [-0.2, 0) is 14.3 Å². The average Bonchev–Trinajstić information content (AvgIpc) is 3.37. The molecule has 4 rings (SSSR count). The van der Waals surface area contributed by atoms with E-state index in [9.17, 15) is 9.59 Å². The van der Waals surface area contributed by atoms with E-state index in [0.717, 1.165) is 36.8 Å². The van der Waals surface area contributed by atoms with Gasteiger partial charge in [-0.1, -0.05) is 25.0 Å². The second kappa shape index (κ2) is 8.20. The van der Waals surface area contributed by atoms with Crippen molar-refractivity contribution in [3.8, 4) is 0 Å². The molecule has 150 valence electrons. The lowest BCUT2D eigenvalue weighted by atomic mass is 9.97. The maximum absolute atomic E-state index is 12.5. The number of nitrogens with zero attached hydrogens (tertiary/aromatic N) is 2. The van der Waals surface area contributed by atoms with Crippen molar-refractivity contribution in [2.24, 2.45) is 5.92 Å². The Kier molecular flexibility index (Phi) is 5.50. The van der Waals surface area contributed by atoms with Crippen molar-refractivity contribution >= 4 is 29.0 Å². The number of hydrogen-bond donors (Lipinski definition) is 1. The fourth-order valence-electron chi connectivity index (χ4n) is 4.01. The quantitative estimate of drug-likeness (QED) is 0.797. The minimum absolute atomic E-state index is 0.191. The van der Waals surface area contributed by atoms with Crippen LogP contribution in [-0.4, -0.2) is 42.1 Å².